The number of amides is 1. The van der Waals surface area contributed by atoms with Crippen molar-refractivity contribution in [3.8, 4) is 5.75 Å². The number of para-hydroxylation sites is 1. The molecule has 0 spiro atoms. The maximum atomic E-state index is 13.3. The molecule has 1 saturated carbocycles. The van der Waals surface area contributed by atoms with Crippen LogP contribution in [-0.2, 0) is 0 Å². The van der Waals surface area contributed by atoms with E-state index < -0.39 is 11.9 Å². The lowest BCUT2D eigenvalue weighted by molar-refractivity contribution is -0.0266. The zero-order chi connectivity index (χ0) is 25.8. The molecule has 2 unspecified atom stereocenters. The number of aromatic nitrogens is 1. The monoisotopic (exact) mass is 525 g/mol. The number of benzene rings is 2. The highest BCUT2D eigenvalue weighted by Gasteiger charge is 2.30. The van der Waals surface area contributed by atoms with Gasteiger partial charge in [0, 0.05) is 30.7 Å². The summed E-state index contributed by atoms with van der Waals surface area (Å²) in [6, 6.07) is 13.8. The molecule has 0 bridgehead atoms. The number of pyridine rings is 1. The van der Waals surface area contributed by atoms with E-state index in [-0.39, 0.29) is 23.1 Å². The van der Waals surface area contributed by atoms with Gasteiger partial charge >= 0.3 is 0 Å². The number of carbonyl (C=O) groups excluding carboxylic acids is 1. The van der Waals surface area contributed by atoms with E-state index in [9.17, 15) is 14.3 Å². The van der Waals surface area contributed by atoms with Crippen LogP contribution in [0.4, 0.5) is 4.39 Å². The molecule has 1 aromatic heterocycles. The van der Waals surface area contributed by atoms with Gasteiger partial charge in [-0.1, -0.05) is 29.8 Å². The number of nitrogens with one attached hydrogen (secondary N) is 1. The van der Waals surface area contributed by atoms with E-state index in [4.69, 9.17) is 16.3 Å². The Balaban J connectivity index is 1.04. The van der Waals surface area contributed by atoms with Crippen molar-refractivity contribution in [3.05, 3.63) is 71.1 Å². The summed E-state index contributed by atoms with van der Waals surface area (Å²) in [6.45, 7) is 2.33. The average molecular weight is 526 g/mol. The van der Waals surface area contributed by atoms with Crippen LogP contribution < -0.4 is 10.1 Å². The van der Waals surface area contributed by atoms with Gasteiger partial charge in [0.05, 0.1) is 16.1 Å². The number of hydrogen-bond donors (Lipinski definition) is 2. The second-order valence-corrected chi connectivity index (χ2v) is 10.7. The van der Waals surface area contributed by atoms with Crippen molar-refractivity contribution in [1.29, 1.82) is 0 Å². The van der Waals surface area contributed by atoms with E-state index in [2.05, 4.69) is 15.2 Å². The number of likely N-dealkylation sites (tertiary alicyclic amines) is 1. The Morgan fingerprint density at radius 1 is 1.14 bits per heavy atom. The van der Waals surface area contributed by atoms with Crippen LogP contribution in [0.2, 0.25) is 5.02 Å². The maximum absolute atomic E-state index is 13.3. The SMILES string of the molecule is O=C(NC1CCC(CCN2CCC(Oc3ccc(F)cc3Cl)C(O)C2)CC1)c1ccnc2ccccc12. The van der Waals surface area contributed by atoms with Gasteiger partial charge in [-0.25, -0.2) is 4.39 Å². The van der Waals surface area contributed by atoms with Crippen molar-refractivity contribution in [3.63, 3.8) is 0 Å². The quantitative estimate of drug-likeness (QED) is 0.442. The Bertz CT molecular complexity index is 1230. The fourth-order valence-electron chi connectivity index (χ4n) is 5.57. The van der Waals surface area contributed by atoms with Crippen molar-refractivity contribution in [2.75, 3.05) is 19.6 Å². The van der Waals surface area contributed by atoms with Crippen molar-refractivity contribution in [2.45, 2.75) is 56.8 Å². The maximum Gasteiger partial charge on any atom is 0.252 e. The molecule has 2 atom stereocenters. The summed E-state index contributed by atoms with van der Waals surface area (Å²) in [4.78, 5) is 19.6. The minimum atomic E-state index is -0.620. The summed E-state index contributed by atoms with van der Waals surface area (Å²) in [6.07, 6.45) is 6.64. The average Bonchev–Trinajstić information content (AvgIpc) is 2.90. The van der Waals surface area contributed by atoms with Gasteiger partial charge in [0.2, 0.25) is 0 Å². The van der Waals surface area contributed by atoms with E-state index >= 15 is 0 Å². The molecule has 3 aromatic rings. The molecule has 1 aliphatic heterocycles. The summed E-state index contributed by atoms with van der Waals surface area (Å²) in [7, 11) is 0. The van der Waals surface area contributed by atoms with Crippen LogP contribution in [0.15, 0.2) is 54.7 Å². The lowest BCUT2D eigenvalue weighted by Gasteiger charge is -2.37. The van der Waals surface area contributed by atoms with Crippen molar-refractivity contribution >= 4 is 28.4 Å². The molecule has 1 aliphatic carbocycles. The predicted molar refractivity (Wildman–Crippen MR) is 142 cm³/mol. The smallest absolute Gasteiger partial charge is 0.252 e. The van der Waals surface area contributed by atoms with Crippen LogP contribution in [0.1, 0.15) is 48.9 Å². The fraction of sp³-hybridized carbons (Fsp3) is 0.448. The zero-order valence-corrected chi connectivity index (χ0v) is 21.5. The largest absolute Gasteiger partial charge is 0.486 e. The molecule has 2 aromatic carbocycles. The molecule has 2 aliphatic rings. The van der Waals surface area contributed by atoms with Gasteiger partial charge < -0.3 is 20.1 Å². The lowest BCUT2D eigenvalue weighted by atomic mass is 9.83. The van der Waals surface area contributed by atoms with Crippen LogP contribution in [0.5, 0.6) is 5.75 Å². The summed E-state index contributed by atoms with van der Waals surface area (Å²) in [5, 5.41) is 15.0. The summed E-state index contributed by atoms with van der Waals surface area (Å²) < 4.78 is 19.2. The third-order valence-corrected chi connectivity index (χ3v) is 8.00. The Kier molecular flexibility index (Phi) is 8.23. The van der Waals surface area contributed by atoms with Gasteiger partial charge in [0.25, 0.3) is 5.91 Å². The first-order chi connectivity index (χ1) is 18.0. The zero-order valence-electron chi connectivity index (χ0n) is 20.8. The van der Waals surface area contributed by atoms with Crippen molar-refractivity contribution in [2.24, 2.45) is 5.92 Å². The third-order valence-electron chi connectivity index (χ3n) is 7.71. The number of fused-ring (bicyclic) bond motifs is 1. The van der Waals surface area contributed by atoms with Gasteiger partial charge in [0.15, 0.2) is 0 Å². The van der Waals surface area contributed by atoms with E-state index in [1.54, 1.807) is 12.3 Å². The lowest BCUT2D eigenvalue weighted by Crippen LogP contribution is -2.49. The number of piperidine rings is 1. The van der Waals surface area contributed by atoms with E-state index in [0.717, 1.165) is 56.1 Å². The molecule has 1 saturated heterocycles. The van der Waals surface area contributed by atoms with Crippen LogP contribution in [-0.4, -0.2) is 58.8 Å². The molecule has 0 radical (unpaired) electrons. The first-order valence-corrected chi connectivity index (χ1v) is 13.5. The first kappa shape index (κ1) is 25.9. The predicted octanol–water partition coefficient (Wildman–Crippen LogP) is 5.22. The number of ether oxygens (including phenoxy) is 1. The Morgan fingerprint density at radius 3 is 2.73 bits per heavy atom. The van der Waals surface area contributed by atoms with E-state index in [0.29, 0.717) is 30.2 Å². The normalized spacial score (nSPS) is 24.6. The molecule has 8 heteroatoms. The van der Waals surface area contributed by atoms with Crippen molar-refractivity contribution < 1.29 is 19.0 Å². The second-order valence-electron chi connectivity index (χ2n) is 10.2. The molecule has 1 amide bonds. The highest BCUT2D eigenvalue weighted by Crippen LogP contribution is 2.30. The van der Waals surface area contributed by atoms with Gasteiger partial charge in [-0.05, 0) is 81.3 Å². The van der Waals surface area contributed by atoms with Crippen LogP contribution >= 0.6 is 11.6 Å². The first-order valence-electron chi connectivity index (χ1n) is 13.1. The van der Waals surface area contributed by atoms with E-state index in [1.165, 1.54) is 18.2 Å². The Hall–Kier alpha value is -2.74. The molecule has 2 N–H and O–H groups in total. The fourth-order valence-corrected chi connectivity index (χ4v) is 5.78. The number of carbonyl (C=O) groups is 1. The Morgan fingerprint density at radius 2 is 1.95 bits per heavy atom. The number of β-amino-alcohol motifs (C(OH)–C–C–N with tert-alkyl or cyclic N) is 1. The molecule has 196 valence electrons. The van der Waals surface area contributed by atoms with Crippen molar-refractivity contribution in [1.82, 2.24) is 15.2 Å². The van der Waals surface area contributed by atoms with Gasteiger partial charge in [-0.3, -0.25) is 9.78 Å². The molecule has 2 heterocycles. The Labute approximate surface area is 221 Å². The highest BCUT2D eigenvalue weighted by atomic mass is 35.5. The highest BCUT2D eigenvalue weighted by molar-refractivity contribution is 6.32. The number of aliphatic hydroxyl groups excluding tert-OH is 1. The minimum absolute atomic E-state index is 0.0250. The minimum Gasteiger partial charge on any atom is -0.486 e. The molecular weight excluding hydrogens is 493 g/mol. The molecular formula is C29H33ClFN3O3. The molecule has 5 rings (SSSR count). The standard InChI is InChI=1S/C29H33ClFN3O3/c30-24-17-20(31)7-10-27(24)37-28-13-16-34(18-26(28)35)15-12-19-5-8-21(9-6-19)33-29(36)23-11-14-32-25-4-2-1-3-22(23)25/h1-4,7,10-11,14,17,19,21,26,28,35H,5-6,8-9,12-13,15-16,18H2,(H,33,36). The molecule has 6 nitrogen and oxygen atoms in total. The molecule has 37 heavy (non-hydrogen) atoms. The topological polar surface area (TPSA) is 74.7 Å². The second kappa shape index (κ2) is 11.8. The van der Waals surface area contributed by atoms with Crippen LogP contribution in [0.25, 0.3) is 10.9 Å². The summed E-state index contributed by atoms with van der Waals surface area (Å²) in [5.41, 5.74) is 1.51. The van der Waals surface area contributed by atoms with Gasteiger partial charge in [-0.2, -0.15) is 0 Å². The van der Waals surface area contributed by atoms with Crippen LogP contribution in [0, 0.1) is 11.7 Å². The third kappa shape index (κ3) is 6.40. The number of hydrogen-bond acceptors (Lipinski definition) is 5. The number of nitrogens with zero attached hydrogens (tertiary/aromatic N) is 2. The van der Waals surface area contributed by atoms with Crippen LogP contribution in [0.3, 0.4) is 0 Å². The summed E-state index contributed by atoms with van der Waals surface area (Å²) >= 11 is 6.07. The molecule has 2 fully saturated rings. The van der Waals surface area contributed by atoms with Gasteiger partial charge in [-0.15, -0.1) is 0 Å². The van der Waals surface area contributed by atoms with E-state index in [1.807, 2.05) is 24.3 Å². The summed E-state index contributed by atoms with van der Waals surface area (Å²) in [5.74, 6) is 0.593. The number of halogens is 2. The number of aliphatic hydroxyl groups is 1. The van der Waals surface area contributed by atoms with Gasteiger partial charge in [0.1, 0.15) is 23.8 Å². The number of rotatable bonds is 7.